The Bertz CT molecular complexity index is 759. The number of hydrogen-bond acceptors (Lipinski definition) is 4. The number of carbonyl (C=O) groups excluding carboxylic acids is 1. The first-order valence-corrected chi connectivity index (χ1v) is 9.69. The lowest BCUT2D eigenvalue weighted by molar-refractivity contribution is 0.186. The zero-order chi connectivity index (χ0) is 19.8. The lowest BCUT2D eigenvalue weighted by Gasteiger charge is -2.32. The average molecular weight is 383 g/mol. The van der Waals surface area contributed by atoms with Crippen molar-refractivity contribution in [1.29, 1.82) is 0 Å². The number of amides is 2. The predicted octanol–water partition coefficient (Wildman–Crippen LogP) is 3.17. The van der Waals surface area contributed by atoms with Gasteiger partial charge in [-0.05, 0) is 36.1 Å². The van der Waals surface area contributed by atoms with Gasteiger partial charge in [-0.1, -0.05) is 36.4 Å². The molecule has 2 aromatic rings. The van der Waals surface area contributed by atoms with Crippen molar-refractivity contribution >= 4 is 6.03 Å². The summed E-state index contributed by atoms with van der Waals surface area (Å²) in [5, 5.41) is 6.02. The molecule has 1 heterocycles. The van der Waals surface area contributed by atoms with E-state index in [0.717, 1.165) is 38.0 Å². The number of piperidine rings is 1. The highest BCUT2D eigenvalue weighted by Gasteiger charge is 2.20. The topological polar surface area (TPSA) is 62.8 Å². The molecule has 1 aliphatic heterocycles. The van der Waals surface area contributed by atoms with Crippen LogP contribution >= 0.6 is 0 Å². The Morgan fingerprint density at radius 3 is 2.39 bits per heavy atom. The Hall–Kier alpha value is -2.73. The Morgan fingerprint density at radius 2 is 1.71 bits per heavy atom. The molecule has 6 heteroatoms. The molecular formula is C22H29N3O3. The van der Waals surface area contributed by atoms with Gasteiger partial charge in [0.1, 0.15) is 0 Å². The van der Waals surface area contributed by atoms with Crippen molar-refractivity contribution in [3.63, 3.8) is 0 Å². The van der Waals surface area contributed by atoms with Gasteiger partial charge >= 0.3 is 6.03 Å². The first kappa shape index (κ1) is 20.0. The Labute approximate surface area is 166 Å². The zero-order valence-corrected chi connectivity index (χ0v) is 16.6. The van der Waals surface area contributed by atoms with Gasteiger partial charge in [-0.3, -0.25) is 4.90 Å². The van der Waals surface area contributed by atoms with Crippen molar-refractivity contribution in [3.05, 3.63) is 59.7 Å². The largest absolute Gasteiger partial charge is 0.493 e. The molecule has 0 aromatic heterocycles. The van der Waals surface area contributed by atoms with Crippen molar-refractivity contribution in [2.24, 2.45) is 0 Å². The number of ether oxygens (including phenoxy) is 2. The van der Waals surface area contributed by atoms with E-state index in [1.165, 1.54) is 5.56 Å². The van der Waals surface area contributed by atoms with E-state index in [0.29, 0.717) is 18.0 Å². The standard InChI is InChI=1S/C22H29N3O3/c1-27-20-9-8-18(14-21(20)28-2)15-23-22(26)24-19-10-12-25(13-11-19)16-17-6-4-3-5-7-17/h3-9,14,19H,10-13,15-16H2,1-2H3,(H2,23,24,26). The van der Waals surface area contributed by atoms with Gasteiger partial charge in [-0.15, -0.1) is 0 Å². The third-order valence-corrected chi connectivity index (χ3v) is 5.07. The van der Waals surface area contributed by atoms with Crippen LogP contribution in [-0.4, -0.2) is 44.3 Å². The van der Waals surface area contributed by atoms with E-state index in [9.17, 15) is 4.79 Å². The van der Waals surface area contributed by atoms with Gasteiger partial charge in [0.2, 0.25) is 0 Å². The van der Waals surface area contributed by atoms with E-state index in [4.69, 9.17) is 9.47 Å². The van der Waals surface area contributed by atoms with E-state index in [2.05, 4.69) is 39.8 Å². The third kappa shape index (κ3) is 5.63. The molecule has 1 fully saturated rings. The van der Waals surface area contributed by atoms with Crippen molar-refractivity contribution < 1.29 is 14.3 Å². The number of urea groups is 1. The number of carbonyl (C=O) groups is 1. The van der Waals surface area contributed by atoms with Crippen LogP contribution in [0.5, 0.6) is 11.5 Å². The second-order valence-electron chi connectivity index (χ2n) is 7.05. The summed E-state index contributed by atoms with van der Waals surface area (Å²) in [6.07, 6.45) is 1.94. The van der Waals surface area contributed by atoms with Crippen molar-refractivity contribution in [1.82, 2.24) is 15.5 Å². The third-order valence-electron chi connectivity index (χ3n) is 5.07. The molecule has 0 unspecified atom stereocenters. The number of methoxy groups -OCH3 is 2. The molecule has 2 N–H and O–H groups in total. The van der Waals surface area contributed by atoms with Crippen LogP contribution in [0.25, 0.3) is 0 Å². The molecule has 3 rings (SSSR count). The maximum absolute atomic E-state index is 12.2. The fourth-order valence-corrected chi connectivity index (χ4v) is 3.49. The smallest absolute Gasteiger partial charge is 0.315 e. The van der Waals surface area contributed by atoms with Gasteiger partial charge < -0.3 is 20.1 Å². The second kappa shape index (κ2) is 9.99. The van der Waals surface area contributed by atoms with E-state index in [-0.39, 0.29) is 12.1 Å². The summed E-state index contributed by atoms with van der Waals surface area (Å²) in [5.41, 5.74) is 2.30. The molecule has 0 radical (unpaired) electrons. The van der Waals surface area contributed by atoms with Crippen LogP contribution < -0.4 is 20.1 Å². The molecular weight excluding hydrogens is 354 g/mol. The number of rotatable bonds is 7. The van der Waals surface area contributed by atoms with Crippen molar-refractivity contribution in [2.45, 2.75) is 32.0 Å². The number of likely N-dealkylation sites (tertiary alicyclic amines) is 1. The minimum Gasteiger partial charge on any atom is -0.493 e. The Kier molecular flexibility index (Phi) is 7.14. The highest BCUT2D eigenvalue weighted by atomic mass is 16.5. The molecule has 0 atom stereocenters. The van der Waals surface area contributed by atoms with Crippen molar-refractivity contribution in [3.8, 4) is 11.5 Å². The molecule has 28 heavy (non-hydrogen) atoms. The van der Waals surface area contributed by atoms with E-state index >= 15 is 0 Å². The fourth-order valence-electron chi connectivity index (χ4n) is 3.49. The molecule has 0 aliphatic carbocycles. The predicted molar refractivity (Wildman–Crippen MR) is 110 cm³/mol. The van der Waals surface area contributed by atoms with E-state index < -0.39 is 0 Å². The normalized spacial score (nSPS) is 15.1. The van der Waals surface area contributed by atoms with Crippen LogP contribution in [0.15, 0.2) is 48.5 Å². The Morgan fingerprint density at radius 1 is 1.00 bits per heavy atom. The van der Waals surface area contributed by atoms with Gasteiger partial charge in [-0.25, -0.2) is 4.79 Å². The lowest BCUT2D eigenvalue weighted by Crippen LogP contribution is -2.47. The zero-order valence-electron chi connectivity index (χ0n) is 16.6. The summed E-state index contributed by atoms with van der Waals surface area (Å²) in [7, 11) is 3.21. The van der Waals surface area contributed by atoms with Crippen molar-refractivity contribution in [2.75, 3.05) is 27.3 Å². The second-order valence-corrected chi connectivity index (χ2v) is 7.05. The maximum atomic E-state index is 12.2. The highest BCUT2D eigenvalue weighted by Crippen LogP contribution is 2.27. The minimum atomic E-state index is -0.128. The molecule has 1 aliphatic rings. The molecule has 2 aromatic carbocycles. The summed E-state index contributed by atoms with van der Waals surface area (Å²) in [6, 6.07) is 16.2. The monoisotopic (exact) mass is 383 g/mol. The number of benzene rings is 2. The first-order chi connectivity index (χ1) is 13.7. The van der Waals surface area contributed by atoms with Gasteiger partial charge in [0.25, 0.3) is 0 Å². The SMILES string of the molecule is COc1ccc(CNC(=O)NC2CCN(Cc3ccccc3)CC2)cc1OC. The van der Waals surface area contributed by atoms with Crippen LogP contribution in [0.2, 0.25) is 0 Å². The van der Waals surface area contributed by atoms with Crippen LogP contribution in [0, 0.1) is 0 Å². The number of nitrogens with one attached hydrogen (secondary N) is 2. The highest BCUT2D eigenvalue weighted by molar-refractivity contribution is 5.74. The molecule has 2 amide bonds. The molecule has 0 saturated carbocycles. The van der Waals surface area contributed by atoms with Gasteiger partial charge in [0.05, 0.1) is 14.2 Å². The number of hydrogen-bond donors (Lipinski definition) is 2. The summed E-state index contributed by atoms with van der Waals surface area (Å²) >= 11 is 0. The van der Waals surface area contributed by atoms with Gasteiger partial charge in [0, 0.05) is 32.2 Å². The molecule has 1 saturated heterocycles. The Balaban J connectivity index is 1.40. The molecule has 6 nitrogen and oxygen atoms in total. The fraction of sp³-hybridized carbons (Fsp3) is 0.409. The average Bonchev–Trinajstić information content (AvgIpc) is 2.74. The molecule has 150 valence electrons. The van der Waals surface area contributed by atoms with Crippen LogP contribution in [-0.2, 0) is 13.1 Å². The maximum Gasteiger partial charge on any atom is 0.315 e. The summed E-state index contributed by atoms with van der Waals surface area (Å²) in [4.78, 5) is 14.7. The lowest BCUT2D eigenvalue weighted by atomic mass is 10.0. The van der Waals surface area contributed by atoms with Crippen LogP contribution in [0.4, 0.5) is 4.79 Å². The number of nitrogens with zero attached hydrogens (tertiary/aromatic N) is 1. The van der Waals surface area contributed by atoms with E-state index in [1.807, 2.05) is 24.3 Å². The van der Waals surface area contributed by atoms with E-state index in [1.54, 1.807) is 14.2 Å². The first-order valence-electron chi connectivity index (χ1n) is 9.69. The summed E-state index contributed by atoms with van der Waals surface area (Å²) in [5.74, 6) is 1.34. The quantitative estimate of drug-likeness (QED) is 0.771. The summed E-state index contributed by atoms with van der Waals surface area (Å²) < 4.78 is 10.5. The molecule has 0 spiro atoms. The van der Waals surface area contributed by atoms with Crippen LogP contribution in [0.1, 0.15) is 24.0 Å². The summed E-state index contributed by atoms with van der Waals surface area (Å²) in [6.45, 7) is 3.41. The van der Waals surface area contributed by atoms with Gasteiger partial charge in [0.15, 0.2) is 11.5 Å². The minimum absolute atomic E-state index is 0.128. The molecule has 0 bridgehead atoms. The van der Waals surface area contributed by atoms with Gasteiger partial charge in [-0.2, -0.15) is 0 Å². The van der Waals surface area contributed by atoms with Crippen LogP contribution in [0.3, 0.4) is 0 Å².